The maximum atomic E-state index is 13.0. The Labute approximate surface area is 194 Å². The normalized spacial score (nSPS) is 11.6. The van der Waals surface area contributed by atoms with Gasteiger partial charge in [0, 0.05) is 0 Å². The van der Waals surface area contributed by atoms with Crippen LogP contribution < -0.4 is 12.4 Å². The van der Waals surface area contributed by atoms with E-state index in [1.54, 1.807) is 24.3 Å². The number of halogens is 1. The molecular weight excluding hydrogens is 410 g/mol. The van der Waals surface area contributed by atoms with Crippen LogP contribution in [0, 0.1) is 0 Å². The fourth-order valence-electron chi connectivity index (χ4n) is 3.68. The molecule has 0 unspecified atom stereocenters. The second-order valence-electron chi connectivity index (χ2n) is 8.73. The Morgan fingerprint density at radius 1 is 0.839 bits per heavy atom. The van der Waals surface area contributed by atoms with E-state index in [1.165, 1.54) is 38.5 Å². The summed E-state index contributed by atoms with van der Waals surface area (Å²) in [6, 6.07) is 18.0. The van der Waals surface area contributed by atoms with Gasteiger partial charge in [-0.05, 0) is 24.0 Å². The molecule has 0 aliphatic heterocycles. The Kier molecular flexibility index (Phi) is 11.8. The summed E-state index contributed by atoms with van der Waals surface area (Å²) in [5, 5.41) is 11.4. The molecule has 1 N–H and O–H groups in total. The number of unbranched alkanes of at least 4 members (excludes halogenated alkanes) is 5. The number of esters is 1. The lowest BCUT2D eigenvalue weighted by Crippen LogP contribution is -3.00. The summed E-state index contributed by atoms with van der Waals surface area (Å²) < 4.78 is 6.41. The molecule has 2 rings (SSSR count). The largest absolute Gasteiger partial charge is 1.00 e. The zero-order chi connectivity index (χ0) is 21.9. The van der Waals surface area contributed by atoms with Crippen LogP contribution in [-0.2, 0) is 15.1 Å². The summed E-state index contributed by atoms with van der Waals surface area (Å²) in [5.41, 5.74) is -0.775. The monoisotopic (exact) mass is 447 g/mol. The van der Waals surface area contributed by atoms with Gasteiger partial charge < -0.3 is 26.7 Å². The summed E-state index contributed by atoms with van der Waals surface area (Å²) in [5.74, 6) is -0.625. The third kappa shape index (κ3) is 8.29. The molecule has 0 bridgehead atoms. The lowest BCUT2D eigenvalue weighted by Gasteiger charge is -2.31. The highest BCUT2D eigenvalue weighted by atomic mass is 35.5. The summed E-state index contributed by atoms with van der Waals surface area (Å²) in [6.07, 6.45) is 7.64. The number of aliphatic hydroxyl groups is 1. The maximum Gasteiger partial charge on any atom is 0.347 e. The quantitative estimate of drug-likeness (QED) is 0.290. The third-order valence-electron chi connectivity index (χ3n) is 5.73. The maximum absolute atomic E-state index is 13.0. The van der Waals surface area contributed by atoms with Crippen LogP contribution in [0.5, 0.6) is 0 Å². The van der Waals surface area contributed by atoms with Crippen molar-refractivity contribution in [2.45, 2.75) is 51.0 Å². The first-order valence-electron chi connectivity index (χ1n) is 11.2. The van der Waals surface area contributed by atoms with Crippen molar-refractivity contribution in [1.82, 2.24) is 0 Å². The molecule has 0 heterocycles. The zero-order valence-corrected chi connectivity index (χ0v) is 20.0. The molecule has 4 nitrogen and oxygen atoms in total. The molecule has 5 heteroatoms. The number of ether oxygens (including phenoxy) is 1. The average molecular weight is 448 g/mol. The smallest absolute Gasteiger partial charge is 0.347 e. The third-order valence-corrected chi connectivity index (χ3v) is 5.73. The Hall–Kier alpha value is -1.88. The van der Waals surface area contributed by atoms with Gasteiger partial charge in [-0.25, -0.2) is 4.79 Å². The van der Waals surface area contributed by atoms with E-state index in [4.69, 9.17) is 4.74 Å². The highest BCUT2D eigenvalue weighted by Gasteiger charge is 2.41. The lowest BCUT2D eigenvalue weighted by molar-refractivity contribution is -0.890. The molecule has 0 radical (unpaired) electrons. The van der Waals surface area contributed by atoms with Gasteiger partial charge in [-0.15, -0.1) is 0 Å². The van der Waals surface area contributed by atoms with Gasteiger partial charge in [-0.3, -0.25) is 0 Å². The first-order valence-corrected chi connectivity index (χ1v) is 11.2. The zero-order valence-electron chi connectivity index (χ0n) is 19.2. The van der Waals surface area contributed by atoms with Crippen LogP contribution in [0.4, 0.5) is 0 Å². The number of hydrogen-bond acceptors (Lipinski definition) is 3. The van der Waals surface area contributed by atoms with Crippen molar-refractivity contribution >= 4 is 5.97 Å². The number of carbonyl (C=O) groups excluding carboxylic acids is 1. The number of quaternary nitrogens is 1. The van der Waals surface area contributed by atoms with Gasteiger partial charge in [-0.2, -0.15) is 0 Å². The predicted octanol–water partition coefficient (Wildman–Crippen LogP) is 1.91. The van der Waals surface area contributed by atoms with Gasteiger partial charge in [0.15, 0.2) is 0 Å². The highest BCUT2D eigenvalue weighted by molar-refractivity contribution is 5.85. The molecule has 0 atom stereocenters. The predicted molar refractivity (Wildman–Crippen MR) is 122 cm³/mol. The van der Waals surface area contributed by atoms with Crippen LogP contribution in [0.15, 0.2) is 60.7 Å². The van der Waals surface area contributed by atoms with Crippen molar-refractivity contribution < 1.29 is 31.5 Å². The topological polar surface area (TPSA) is 46.5 Å². The van der Waals surface area contributed by atoms with Crippen LogP contribution in [-0.4, -0.2) is 49.4 Å². The summed E-state index contributed by atoms with van der Waals surface area (Å²) >= 11 is 0. The van der Waals surface area contributed by atoms with E-state index in [1.807, 2.05) is 36.4 Å². The first kappa shape index (κ1) is 27.2. The molecule has 31 heavy (non-hydrogen) atoms. The first-order chi connectivity index (χ1) is 14.4. The molecule has 0 aromatic heterocycles. The summed E-state index contributed by atoms with van der Waals surface area (Å²) in [6.45, 7) is 4.30. The fourth-order valence-corrected chi connectivity index (χ4v) is 3.68. The lowest BCUT2D eigenvalue weighted by atomic mass is 9.86. The number of hydrogen-bond donors (Lipinski definition) is 1. The second-order valence-corrected chi connectivity index (χ2v) is 8.73. The minimum absolute atomic E-state index is 0. The highest BCUT2D eigenvalue weighted by Crippen LogP contribution is 2.31. The van der Waals surface area contributed by atoms with E-state index in [0.717, 1.165) is 17.6 Å². The van der Waals surface area contributed by atoms with E-state index in [0.29, 0.717) is 11.1 Å². The van der Waals surface area contributed by atoms with E-state index in [-0.39, 0.29) is 19.0 Å². The van der Waals surface area contributed by atoms with Gasteiger partial charge >= 0.3 is 5.97 Å². The second kappa shape index (κ2) is 13.5. The molecule has 0 aliphatic carbocycles. The Morgan fingerprint density at radius 3 is 1.84 bits per heavy atom. The Bertz CT molecular complexity index is 710. The molecule has 0 amide bonds. The molecular formula is C26H38ClNO3. The van der Waals surface area contributed by atoms with Crippen LogP contribution in [0.2, 0.25) is 0 Å². The van der Waals surface area contributed by atoms with Gasteiger partial charge in [0.05, 0.1) is 20.6 Å². The molecule has 0 fully saturated rings. The molecule has 0 spiro atoms. The number of carbonyl (C=O) groups is 1. The molecule has 0 saturated carbocycles. The molecule has 2 aromatic carbocycles. The standard InChI is InChI=1S/C26H38NO3.ClH/c1-4-5-6-7-8-15-20-27(2,3)21-22-30-25(28)26(29,23-16-11-9-12-17-23)24-18-13-10-14-19-24;/h9-14,16-19,29H,4-8,15,20-22H2,1-3H3;1H/q+1;/p-1. The number of rotatable bonds is 13. The number of benzene rings is 2. The summed E-state index contributed by atoms with van der Waals surface area (Å²) in [4.78, 5) is 13.0. The van der Waals surface area contributed by atoms with E-state index in [2.05, 4.69) is 21.0 Å². The van der Waals surface area contributed by atoms with Crippen LogP contribution in [0.25, 0.3) is 0 Å². The van der Waals surface area contributed by atoms with E-state index < -0.39 is 11.6 Å². The number of likely N-dealkylation sites (N-methyl/N-ethyl adjacent to an activating group) is 1. The Balaban J connectivity index is 0.00000480. The minimum Gasteiger partial charge on any atom is -1.00 e. The average Bonchev–Trinajstić information content (AvgIpc) is 2.76. The van der Waals surface area contributed by atoms with Gasteiger partial charge in [0.1, 0.15) is 13.2 Å². The fraction of sp³-hybridized carbons (Fsp3) is 0.500. The molecule has 0 aliphatic rings. The van der Waals surface area contributed by atoms with Crippen molar-refractivity contribution in [2.24, 2.45) is 0 Å². The van der Waals surface area contributed by atoms with Gasteiger partial charge in [0.2, 0.25) is 5.60 Å². The summed E-state index contributed by atoms with van der Waals surface area (Å²) in [7, 11) is 4.33. The number of nitrogens with zero attached hydrogens (tertiary/aromatic N) is 1. The molecule has 0 saturated heterocycles. The minimum atomic E-state index is -1.81. The van der Waals surface area contributed by atoms with E-state index >= 15 is 0 Å². The molecule has 172 valence electrons. The van der Waals surface area contributed by atoms with Crippen molar-refractivity contribution in [2.75, 3.05) is 33.8 Å². The molecule has 2 aromatic rings. The SMILES string of the molecule is CCCCCCCC[N+](C)(C)CCOC(=O)C(O)(c1ccccc1)c1ccccc1.[Cl-]. The van der Waals surface area contributed by atoms with Crippen LogP contribution in [0.3, 0.4) is 0 Å². The van der Waals surface area contributed by atoms with Gasteiger partial charge in [-0.1, -0.05) is 93.3 Å². The van der Waals surface area contributed by atoms with E-state index in [9.17, 15) is 9.90 Å². The Morgan fingerprint density at radius 2 is 1.32 bits per heavy atom. The van der Waals surface area contributed by atoms with Crippen LogP contribution >= 0.6 is 0 Å². The van der Waals surface area contributed by atoms with Gasteiger partial charge in [0.25, 0.3) is 0 Å². The van der Waals surface area contributed by atoms with Crippen molar-refractivity contribution in [3.05, 3.63) is 71.8 Å². The van der Waals surface area contributed by atoms with Crippen molar-refractivity contribution in [3.8, 4) is 0 Å². The van der Waals surface area contributed by atoms with Crippen molar-refractivity contribution in [3.63, 3.8) is 0 Å². The van der Waals surface area contributed by atoms with Crippen molar-refractivity contribution in [1.29, 1.82) is 0 Å². The van der Waals surface area contributed by atoms with Crippen LogP contribution in [0.1, 0.15) is 56.6 Å².